The zero-order valence-electron chi connectivity index (χ0n) is 13.8. The second-order valence-electron chi connectivity index (χ2n) is 6.28. The lowest BCUT2D eigenvalue weighted by molar-refractivity contribution is -0.384. The Morgan fingerprint density at radius 3 is 2.23 bits per heavy atom. The van der Waals surface area contributed by atoms with Gasteiger partial charge in [0.25, 0.3) is 5.69 Å². The third kappa shape index (κ3) is 1.96. The van der Waals surface area contributed by atoms with Crippen molar-refractivity contribution in [1.29, 1.82) is 0 Å². The van der Waals surface area contributed by atoms with Crippen LogP contribution in [0, 0.1) is 10.1 Å². The van der Waals surface area contributed by atoms with Gasteiger partial charge in [0.2, 0.25) is 0 Å². The maximum absolute atomic E-state index is 11.6. The highest BCUT2D eigenvalue weighted by molar-refractivity contribution is 6.18. The van der Waals surface area contributed by atoms with Gasteiger partial charge in [0, 0.05) is 22.2 Å². The Labute approximate surface area is 149 Å². The Balaban J connectivity index is 2.07. The highest BCUT2D eigenvalue weighted by Crippen LogP contribution is 2.38. The lowest BCUT2D eigenvalue weighted by Crippen LogP contribution is -2.00. The van der Waals surface area contributed by atoms with Gasteiger partial charge in [-0.1, -0.05) is 66.7 Å². The van der Waals surface area contributed by atoms with E-state index in [1.54, 1.807) is 12.1 Å². The van der Waals surface area contributed by atoms with Crippen molar-refractivity contribution >= 4 is 38.3 Å². The van der Waals surface area contributed by atoms with Gasteiger partial charge in [0.05, 0.1) is 16.0 Å². The minimum absolute atomic E-state index is 0.100. The number of nitro groups is 1. The van der Waals surface area contributed by atoms with Crippen molar-refractivity contribution in [1.82, 2.24) is 4.57 Å². The first kappa shape index (κ1) is 14.7. The molecule has 0 N–H and O–H groups in total. The molecular formula is C22H14N2O2. The fourth-order valence-corrected chi connectivity index (χ4v) is 3.79. The molecule has 0 amide bonds. The van der Waals surface area contributed by atoms with Crippen LogP contribution in [-0.4, -0.2) is 9.49 Å². The Morgan fingerprint density at radius 1 is 0.692 bits per heavy atom. The first-order valence-corrected chi connectivity index (χ1v) is 8.40. The summed E-state index contributed by atoms with van der Waals surface area (Å²) in [6.45, 7) is 0. The summed E-state index contributed by atoms with van der Waals surface area (Å²) in [5, 5.41) is 16.0. The largest absolute Gasteiger partial charge is 0.303 e. The number of fused-ring (bicyclic) bond motifs is 5. The summed E-state index contributed by atoms with van der Waals surface area (Å²) in [5.41, 5.74) is 2.65. The number of benzene rings is 4. The van der Waals surface area contributed by atoms with Gasteiger partial charge in [0.15, 0.2) is 0 Å². The van der Waals surface area contributed by atoms with Gasteiger partial charge in [-0.05, 0) is 17.5 Å². The van der Waals surface area contributed by atoms with E-state index in [9.17, 15) is 10.1 Å². The standard InChI is InChI=1S/C22H14N2O2/c25-24(26)21-12-6-5-11-20(21)23-19-10-4-3-9-17(19)18-14-13-15-7-1-2-8-16(15)22(18)23/h1-14H. The molecule has 0 unspecified atom stereocenters. The zero-order chi connectivity index (χ0) is 17.7. The summed E-state index contributed by atoms with van der Waals surface area (Å²) in [4.78, 5) is 11.3. The second kappa shape index (κ2) is 5.43. The van der Waals surface area contributed by atoms with Crippen LogP contribution < -0.4 is 0 Å². The predicted molar refractivity (Wildman–Crippen MR) is 105 cm³/mol. The highest BCUT2D eigenvalue weighted by Gasteiger charge is 2.20. The molecule has 0 saturated carbocycles. The van der Waals surface area contributed by atoms with Crippen LogP contribution in [0.15, 0.2) is 84.9 Å². The van der Waals surface area contributed by atoms with Crippen LogP contribution in [0.1, 0.15) is 0 Å². The average Bonchev–Trinajstić information content (AvgIpc) is 3.03. The summed E-state index contributed by atoms with van der Waals surface area (Å²) >= 11 is 0. The second-order valence-corrected chi connectivity index (χ2v) is 6.28. The molecule has 4 aromatic carbocycles. The molecule has 5 rings (SSSR count). The molecular weight excluding hydrogens is 324 g/mol. The highest BCUT2D eigenvalue weighted by atomic mass is 16.6. The van der Waals surface area contributed by atoms with Gasteiger partial charge >= 0.3 is 0 Å². The lowest BCUT2D eigenvalue weighted by Gasteiger charge is -2.10. The molecule has 0 aliphatic heterocycles. The molecule has 5 aromatic rings. The molecule has 124 valence electrons. The van der Waals surface area contributed by atoms with Crippen molar-refractivity contribution in [2.24, 2.45) is 0 Å². The fraction of sp³-hybridized carbons (Fsp3) is 0. The normalized spacial score (nSPS) is 11.4. The molecule has 1 heterocycles. The summed E-state index contributed by atoms with van der Waals surface area (Å²) < 4.78 is 2.02. The van der Waals surface area contributed by atoms with E-state index in [0.717, 1.165) is 32.6 Å². The van der Waals surface area contributed by atoms with Crippen LogP contribution in [-0.2, 0) is 0 Å². The minimum Gasteiger partial charge on any atom is -0.303 e. The van der Waals surface area contributed by atoms with Crippen molar-refractivity contribution in [2.75, 3.05) is 0 Å². The molecule has 26 heavy (non-hydrogen) atoms. The topological polar surface area (TPSA) is 48.1 Å². The first-order chi connectivity index (χ1) is 12.8. The Bertz CT molecular complexity index is 1320. The van der Waals surface area contributed by atoms with E-state index in [2.05, 4.69) is 30.3 Å². The van der Waals surface area contributed by atoms with Crippen molar-refractivity contribution in [2.45, 2.75) is 0 Å². The van der Waals surface area contributed by atoms with Crippen LogP contribution in [0.5, 0.6) is 0 Å². The van der Waals surface area contributed by atoms with Gasteiger partial charge in [0.1, 0.15) is 5.69 Å². The number of rotatable bonds is 2. The van der Waals surface area contributed by atoms with Crippen molar-refractivity contribution in [3.05, 3.63) is 95.0 Å². The Hall–Kier alpha value is -3.66. The average molecular weight is 338 g/mol. The number of aromatic nitrogens is 1. The van der Waals surface area contributed by atoms with E-state index in [0.29, 0.717) is 5.69 Å². The summed E-state index contributed by atoms with van der Waals surface area (Å²) in [5.74, 6) is 0. The molecule has 0 saturated heterocycles. The van der Waals surface area contributed by atoms with Crippen LogP contribution in [0.25, 0.3) is 38.3 Å². The SMILES string of the molecule is O=[N+]([O-])c1ccccc1-n1c2ccccc2c2ccc3ccccc3c21. The quantitative estimate of drug-likeness (QED) is 0.300. The van der Waals surface area contributed by atoms with E-state index >= 15 is 0 Å². The molecule has 4 heteroatoms. The maximum Gasteiger partial charge on any atom is 0.293 e. The van der Waals surface area contributed by atoms with Crippen LogP contribution >= 0.6 is 0 Å². The van der Waals surface area contributed by atoms with Gasteiger partial charge in [-0.3, -0.25) is 10.1 Å². The van der Waals surface area contributed by atoms with E-state index in [1.165, 1.54) is 0 Å². The predicted octanol–water partition coefficient (Wildman–Crippen LogP) is 5.85. The molecule has 0 fully saturated rings. The molecule has 0 bridgehead atoms. The molecule has 4 nitrogen and oxygen atoms in total. The molecule has 0 aliphatic rings. The van der Waals surface area contributed by atoms with Crippen molar-refractivity contribution in [3.8, 4) is 5.69 Å². The van der Waals surface area contributed by atoms with Crippen LogP contribution in [0.3, 0.4) is 0 Å². The minimum atomic E-state index is -0.318. The molecule has 0 spiro atoms. The Kier molecular flexibility index (Phi) is 3.06. The smallest absolute Gasteiger partial charge is 0.293 e. The van der Waals surface area contributed by atoms with E-state index in [-0.39, 0.29) is 10.6 Å². The van der Waals surface area contributed by atoms with E-state index in [1.807, 2.05) is 47.0 Å². The maximum atomic E-state index is 11.6. The molecule has 1 aromatic heterocycles. The van der Waals surface area contributed by atoms with Gasteiger partial charge in [-0.25, -0.2) is 0 Å². The molecule has 0 aliphatic carbocycles. The van der Waals surface area contributed by atoms with Crippen molar-refractivity contribution in [3.63, 3.8) is 0 Å². The number of nitrogens with zero attached hydrogens (tertiary/aromatic N) is 2. The summed E-state index contributed by atoms with van der Waals surface area (Å²) in [7, 11) is 0. The number of hydrogen-bond donors (Lipinski definition) is 0. The third-order valence-electron chi connectivity index (χ3n) is 4.88. The lowest BCUT2D eigenvalue weighted by atomic mass is 10.1. The number of nitro benzene ring substituents is 1. The van der Waals surface area contributed by atoms with Gasteiger partial charge in [-0.15, -0.1) is 0 Å². The molecule has 0 radical (unpaired) electrons. The molecule has 0 atom stereocenters. The van der Waals surface area contributed by atoms with E-state index < -0.39 is 0 Å². The van der Waals surface area contributed by atoms with Gasteiger partial charge < -0.3 is 4.57 Å². The number of hydrogen-bond acceptors (Lipinski definition) is 2. The third-order valence-corrected chi connectivity index (χ3v) is 4.88. The zero-order valence-corrected chi connectivity index (χ0v) is 13.8. The summed E-state index contributed by atoms with van der Waals surface area (Å²) in [6, 6.07) is 27.3. The first-order valence-electron chi connectivity index (χ1n) is 8.40. The Morgan fingerprint density at radius 2 is 1.38 bits per heavy atom. The van der Waals surface area contributed by atoms with Gasteiger partial charge in [-0.2, -0.15) is 0 Å². The number of para-hydroxylation sites is 3. The summed E-state index contributed by atoms with van der Waals surface area (Å²) in [6.07, 6.45) is 0. The van der Waals surface area contributed by atoms with Crippen LogP contribution in [0.2, 0.25) is 0 Å². The van der Waals surface area contributed by atoms with Crippen molar-refractivity contribution < 1.29 is 4.92 Å². The monoisotopic (exact) mass is 338 g/mol. The van der Waals surface area contributed by atoms with E-state index in [4.69, 9.17) is 0 Å². The van der Waals surface area contributed by atoms with Crippen LogP contribution in [0.4, 0.5) is 5.69 Å². The fourth-order valence-electron chi connectivity index (χ4n) is 3.79.